The van der Waals surface area contributed by atoms with E-state index in [1.807, 2.05) is 0 Å². The lowest BCUT2D eigenvalue weighted by molar-refractivity contribution is 0.112. The van der Waals surface area contributed by atoms with Crippen LogP contribution in [0.1, 0.15) is 16.2 Å². The molecule has 70 valence electrons. The summed E-state index contributed by atoms with van der Waals surface area (Å²) in [6, 6.07) is 0. The van der Waals surface area contributed by atoms with E-state index in [2.05, 4.69) is 9.97 Å². The zero-order chi connectivity index (χ0) is 9.84. The molecular weight excluding hydrogens is 215 g/mol. The summed E-state index contributed by atoms with van der Waals surface area (Å²) in [6.07, 6.45) is 0.515. The van der Waals surface area contributed by atoms with E-state index in [4.69, 9.17) is 27.9 Å². The average molecular weight is 221 g/mol. The van der Waals surface area contributed by atoms with E-state index in [-0.39, 0.29) is 22.5 Å². The van der Waals surface area contributed by atoms with Crippen LogP contribution in [-0.2, 0) is 11.3 Å². The van der Waals surface area contributed by atoms with Gasteiger partial charge in [0, 0.05) is 7.11 Å². The molecule has 0 unspecified atom stereocenters. The van der Waals surface area contributed by atoms with Gasteiger partial charge in [0.2, 0.25) is 0 Å². The number of carbonyl (C=O) groups is 1. The molecule has 1 aromatic heterocycles. The van der Waals surface area contributed by atoms with Crippen molar-refractivity contribution in [2.45, 2.75) is 6.61 Å². The predicted octanol–water partition coefficient (Wildman–Crippen LogP) is 1.74. The van der Waals surface area contributed by atoms with E-state index < -0.39 is 0 Å². The molecule has 1 rings (SSSR count). The summed E-state index contributed by atoms with van der Waals surface area (Å²) < 4.78 is 4.78. The molecule has 0 saturated heterocycles. The Kier molecular flexibility index (Phi) is 3.59. The van der Waals surface area contributed by atoms with Gasteiger partial charge in [0.25, 0.3) is 0 Å². The number of carbonyl (C=O) groups excluding carboxylic acids is 1. The molecule has 1 aromatic rings. The zero-order valence-corrected chi connectivity index (χ0v) is 8.26. The third-order valence-corrected chi connectivity index (χ3v) is 1.87. The van der Waals surface area contributed by atoms with Gasteiger partial charge in [0.05, 0.1) is 5.56 Å². The van der Waals surface area contributed by atoms with Crippen LogP contribution in [0.15, 0.2) is 0 Å². The first kappa shape index (κ1) is 10.4. The molecule has 4 nitrogen and oxygen atoms in total. The third-order valence-electron chi connectivity index (χ3n) is 1.29. The molecule has 0 bridgehead atoms. The first-order valence-electron chi connectivity index (χ1n) is 3.35. The molecule has 0 aliphatic carbocycles. The van der Waals surface area contributed by atoms with Gasteiger partial charge in [-0.15, -0.1) is 0 Å². The molecule has 0 atom stereocenters. The minimum Gasteiger partial charge on any atom is -0.377 e. The van der Waals surface area contributed by atoms with E-state index in [0.717, 1.165) is 0 Å². The molecule has 0 saturated carbocycles. The van der Waals surface area contributed by atoms with Crippen LogP contribution in [0.25, 0.3) is 0 Å². The number of aromatic nitrogens is 2. The molecule has 6 heteroatoms. The number of rotatable bonds is 3. The Hall–Kier alpha value is -0.710. The van der Waals surface area contributed by atoms with Crippen LogP contribution in [0.3, 0.4) is 0 Å². The summed E-state index contributed by atoms with van der Waals surface area (Å²) in [4.78, 5) is 18.1. The fraction of sp³-hybridized carbons (Fsp3) is 0.286. The van der Waals surface area contributed by atoms with Crippen molar-refractivity contribution in [1.82, 2.24) is 9.97 Å². The van der Waals surface area contributed by atoms with Crippen LogP contribution in [0.4, 0.5) is 0 Å². The van der Waals surface area contributed by atoms with Crippen LogP contribution >= 0.6 is 23.2 Å². The second kappa shape index (κ2) is 4.50. The first-order chi connectivity index (χ1) is 6.19. The van der Waals surface area contributed by atoms with Gasteiger partial charge in [0.15, 0.2) is 12.1 Å². The zero-order valence-electron chi connectivity index (χ0n) is 6.75. The van der Waals surface area contributed by atoms with Gasteiger partial charge in [-0.25, -0.2) is 9.97 Å². The molecule has 0 aromatic carbocycles. The molecule has 1 heterocycles. The molecule has 0 aliphatic rings. The third kappa shape index (κ3) is 2.37. The van der Waals surface area contributed by atoms with E-state index >= 15 is 0 Å². The highest BCUT2D eigenvalue weighted by Gasteiger charge is 2.09. The number of nitrogens with zero attached hydrogens (tertiary/aromatic N) is 2. The van der Waals surface area contributed by atoms with Gasteiger partial charge in [0.1, 0.15) is 16.9 Å². The monoisotopic (exact) mass is 220 g/mol. The fourth-order valence-corrected chi connectivity index (χ4v) is 1.26. The lowest BCUT2D eigenvalue weighted by Gasteiger charge is -2.02. The topological polar surface area (TPSA) is 52.1 Å². The molecule has 0 radical (unpaired) electrons. The summed E-state index contributed by atoms with van der Waals surface area (Å²) >= 11 is 11.3. The lowest BCUT2D eigenvalue weighted by Crippen LogP contribution is -2.01. The van der Waals surface area contributed by atoms with Crippen molar-refractivity contribution in [2.24, 2.45) is 0 Å². The van der Waals surface area contributed by atoms with Gasteiger partial charge in [-0.2, -0.15) is 0 Å². The van der Waals surface area contributed by atoms with E-state index in [9.17, 15) is 4.79 Å². The highest BCUT2D eigenvalue weighted by atomic mass is 35.5. The van der Waals surface area contributed by atoms with Crippen LogP contribution in [0, 0.1) is 0 Å². The van der Waals surface area contributed by atoms with E-state index in [0.29, 0.717) is 12.1 Å². The van der Waals surface area contributed by atoms with Crippen molar-refractivity contribution >= 4 is 29.5 Å². The highest BCUT2D eigenvalue weighted by molar-refractivity contribution is 6.36. The summed E-state index contributed by atoms with van der Waals surface area (Å²) in [5, 5.41) is 0.0871. The number of hydrogen-bond acceptors (Lipinski definition) is 4. The number of ether oxygens (including phenoxy) is 1. The lowest BCUT2D eigenvalue weighted by atomic mass is 10.4. The van der Waals surface area contributed by atoms with Crippen molar-refractivity contribution in [3.63, 3.8) is 0 Å². The molecular formula is C7H6Cl2N2O2. The molecule has 0 amide bonds. The van der Waals surface area contributed by atoms with Crippen LogP contribution in [-0.4, -0.2) is 23.4 Å². The number of hydrogen-bond donors (Lipinski definition) is 0. The minimum absolute atomic E-state index is 0.0436. The maximum absolute atomic E-state index is 10.4. The summed E-state index contributed by atoms with van der Waals surface area (Å²) in [5.41, 5.74) is 0.100. The van der Waals surface area contributed by atoms with Gasteiger partial charge >= 0.3 is 0 Å². The summed E-state index contributed by atoms with van der Waals surface area (Å²) in [5.74, 6) is 0.350. The normalized spacial score (nSPS) is 10.1. The van der Waals surface area contributed by atoms with Gasteiger partial charge in [-0.3, -0.25) is 4.79 Å². The maximum atomic E-state index is 10.4. The van der Waals surface area contributed by atoms with Crippen LogP contribution < -0.4 is 0 Å². The Bertz CT molecular complexity index is 307. The average Bonchev–Trinajstić information content (AvgIpc) is 2.04. The smallest absolute Gasteiger partial charge is 0.157 e. The molecule has 0 aliphatic heterocycles. The SMILES string of the molecule is COCc1nc(Cl)c(C=O)c(Cl)n1. The van der Waals surface area contributed by atoms with Crippen molar-refractivity contribution in [2.75, 3.05) is 7.11 Å². The Morgan fingerprint density at radius 3 is 2.31 bits per heavy atom. The number of halogens is 2. The summed E-state index contributed by atoms with van der Waals surface area (Å²) in [7, 11) is 1.50. The number of aldehydes is 1. The second-order valence-corrected chi connectivity index (χ2v) is 2.90. The maximum Gasteiger partial charge on any atom is 0.157 e. The quantitative estimate of drug-likeness (QED) is 0.576. The highest BCUT2D eigenvalue weighted by Crippen LogP contribution is 2.18. The molecule has 0 fully saturated rings. The van der Waals surface area contributed by atoms with Crippen LogP contribution in [0.5, 0.6) is 0 Å². The second-order valence-electron chi connectivity index (χ2n) is 2.19. The largest absolute Gasteiger partial charge is 0.377 e. The minimum atomic E-state index is 0.0436. The standard InChI is InChI=1S/C7H6Cl2N2O2/c1-13-3-5-10-6(8)4(2-12)7(9)11-5/h2H,3H2,1H3. The van der Waals surface area contributed by atoms with Gasteiger partial charge in [-0.05, 0) is 0 Å². The van der Waals surface area contributed by atoms with Crippen molar-refractivity contribution in [1.29, 1.82) is 0 Å². The Labute approximate surface area is 84.8 Å². The molecule has 0 N–H and O–H groups in total. The Morgan fingerprint density at radius 1 is 1.38 bits per heavy atom. The summed E-state index contributed by atoms with van der Waals surface area (Å²) in [6.45, 7) is 0.207. The van der Waals surface area contributed by atoms with Gasteiger partial charge < -0.3 is 4.74 Å². The van der Waals surface area contributed by atoms with Crippen molar-refractivity contribution in [3.05, 3.63) is 21.7 Å². The Balaban J connectivity index is 3.12. The predicted molar refractivity (Wildman–Crippen MR) is 48.2 cm³/mol. The number of methoxy groups -OCH3 is 1. The van der Waals surface area contributed by atoms with E-state index in [1.54, 1.807) is 0 Å². The van der Waals surface area contributed by atoms with Crippen molar-refractivity contribution in [3.8, 4) is 0 Å². The molecule has 13 heavy (non-hydrogen) atoms. The van der Waals surface area contributed by atoms with Crippen LogP contribution in [0.2, 0.25) is 10.3 Å². The molecule has 0 spiro atoms. The van der Waals surface area contributed by atoms with Crippen molar-refractivity contribution < 1.29 is 9.53 Å². The fourth-order valence-electron chi connectivity index (χ4n) is 0.748. The van der Waals surface area contributed by atoms with E-state index in [1.165, 1.54) is 7.11 Å². The first-order valence-corrected chi connectivity index (χ1v) is 4.10. The Morgan fingerprint density at radius 2 is 1.92 bits per heavy atom. The van der Waals surface area contributed by atoms with Gasteiger partial charge in [-0.1, -0.05) is 23.2 Å².